The van der Waals surface area contributed by atoms with Crippen molar-refractivity contribution in [2.24, 2.45) is 5.92 Å². The van der Waals surface area contributed by atoms with Crippen LogP contribution >= 0.6 is 0 Å². The maximum absolute atomic E-state index is 12.1. The molecule has 1 heterocycles. The lowest BCUT2D eigenvalue weighted by molar-refractivity contribution is -0.133. The highest BCUT2D eigenvalue weighted by atomic mass is 16.5. The molecule has 1 atom stereocenters. The highest BCUT2D eigenvalue weighted by Gasteiger charge is 2.30. The Hall–Kier alpha value is -1.26. The Morgan fingerprint density at radius 1 is 1.25 bits per heavy atom. The van der Waals surface area contributed by atoms with Gasteiger partial charge in [-0.3, -0.25) is 4.79 Å². The standard InChI is InChI=1S/C11H20N2O3/c1-8(2)9(12-11(15)16-3)10(14)13-6-4-5-7-13/h8-9H,4-7H2,1-3H3,(H,12,15)/t9-/m1/s1. The molecule has 1 rings (SSSR count). The quantitative estimate of drug-likeness (QED) is 0.783. The van der Waals surface area contributed by atoms with Gasteiger partial charge in [0.05, 0.1) is 7.11 Å². The molecule has 0 radical (unpaired) electrons. The van der Waals surface area contributed by atoms with Crippen LogP contribution in [0.4, 0.5) is 4.79 Å². The normalized spacial score (nSPS) is 17.4. The first-order valence-electron chi connectivity index (χ1n) is 5.69. The molecule has 1 saturated heterocycles. The molecule has 2 amide bonds. The minimum Gasteiger partial charge on any atom is -0.453 e. The van der Waals surface area contributed by atoms with Gasteiger partial charge in [0.1, 0.15) is 6.04 Å². The summed E-state index contributed by atoms with van der Waals surface area (Å²) in [5.74, 6) is 0.0603. The summed E-state index contributed by atoms with van der Waals surface area (Å²) in [4.78, 5) is 25.0. The number of carbonyl (C=O) groups excluding carboxylic acids is 2. The minimum absolute atomic E-state index is 0.00194. The van der Waals surface area contributed by atoms with Crippen molar-refractivity contribution in [1.82, 2.24) is 10.2 Å². The third kappa shape index (κ3) is 3.12. The Labute approximate surface area is 96.1 Å². The first-order valence-corrected chi connectivity index (χ1v) is 5.69. The predicted octanol–water partition coefficient (Wildman–Crippen LogP) is 0.989. The molecule has 1 fully saturated rings. The largest absolute Gasteiger partial charge is 0.453 e. The number of methoxy groups -OCH3 is 1. The molecule has 0 spiro atoms. The highest BCUT2D eigenvalue weighted by Crippen LogP contribution is 2.13. The van der Waals surface area contributed by atoms with Crippen LogP contribution in [0.1, 0.15) is 26.7 Å². The molecular formula is C11H20N2O3. The van der Waals surface area contributed by atoms with Gasteiger partial charge in [-0.05, 0) is 18.8 Å². The van der Waals surface area contributed by atoms with E-state index in [1.54, 1.807) is 4.90 Å². The van der Waals surface area contributed by atoms with Crippen molar-refractivity contribution in [3.63, 3.8) is 0 Å². The summed E-state index contributed by atoms with van der Waals surface area (Å²) < 4.78 is 4.52. The van der Waals surface area contributed by atoms with E-state index in [0.29, 0.717) is 0 Å². The lowest BCUT2D eigenvalue weighted by Gasteiger charge is -2.26. The van der Waals surface area contributed by atoms with E-state index in [1.165, 1.54) is 7.11 Å². The highest BCUT2D eigenvalue weighted by molar-refractivity contribution is 5.86. The smallest absolute Gasteiger partial charge is 0.407 e. The van der Waals surface area contributed by atoms with Crippen molar-refractivity contribution in [1.29, 1.82) is 0 Å². The van der Waals surface area contributed by atoms with E-state index in [4.69, 9.17) is 0 Å². The lowest BCUT2D eigenvalue weighted by atomic mass is 10.0. The van der Waals surface area contributed by atoms with Crippen molar-refractivity contribution >= 4 is 12.0 Å². The van der Waals surface area contributed by atoms with Crippen molar-refractivity contribution in [3.05, 3.63) is 0 Å². The van der Waals surface area contributed by atoms with Crippen LogP contribution in [0.3, 0.4) is 0 Å². The van der Waals surface area contributed by atoms with Crippen molar-refractivity contribution in [3.8, 4) is 0 Å². The van der Waals surface area contributed by atoms with E-state index in [1.807, 2.05) is 13.8 Å². The SMILES string of the molecule is COC(=O)N[C@@H](C(=O)N1CCCC1)C(C)C. The van der Waals surface area contributed by atoms with E-state index in [9.17, 15) is 9.59 Å². The molecule has 5 heteroatoms. The molecular weight excluding hydrogens is 208 g/mol. The average molecular weight is 228 g/mol. The maximum Gasteiger partial charge on any atom is 0.407 e. The van der Waals surface area contributed by atoms with Crippen molar-refractivity contribution in [2.75, 3.05) is 20.2 Å². The number of carbonyl (C=O) groups is 2. The zero-order chi connectivity index (χ0) is 12.1. The van der Waals surface area contributed by atoms with Gasteiger partial charge >= 0.3 is 6.09 Å². The van der Waals surface area contributed by atoms with Gasteiger partial charge in [-0.2, -0.15) is 0 Å². The zero-order valence-corrected chi connectivity index (χ0v) is 10.2. The summed E-state index contributed by atoms with van der Waals surface area (Å²) >= 11 is 0. The molecule has 1 aliphatic heterocycles. The Morgan fingerprint density at radius 3 is 2.25 bits per heavy atom. The summed E-state index contributed by atoms with van der Waals surface area (Å²) in [6, 6.07) is -0.481. The van der Waals surface area contributed by atoms with E-state index in [2.05, 4.69) is 10.1 Å². The van der Waals surface area contributed by atoms with Gasteiger partial charge in [-0.25, -0.2) is 4.79 Å². The number of rotatable bonds is 3. The van der Waals surface area contributed by atoms with Crippen LogP contribution in [0, 0.1) is 5.92 Å². The van der Waals surface area contributed by atoms with Crippen LogP contribution in [0.25, 0.3) is 0 Å². The van der Waals surface area contributed by atoms with Gasteiger partial charge in [0.25, 0.3) is 0 Å². The van der Waals surface area contributed by atoms with Crippen LogP contribution in [0.2, 0.25) is 0 Å². The van der Waals surface area contributed by atoms with E-state index >= 15 is 0 Å². The Bertz CT molecular complexity index is 260. The van der Waals surface area contributed by atoms with E-state index < -0.39 is 12.1 Å². The summed E-state index contributed by atoms with van der Waals surface area (Å²) in [6.45, 7) is 5.42. The summed E-state index contributed by atoms with van der Waals surface area (Å²) in [5, 5.41) is 2.59. The number of nitrogens with zero attached hydrogens (tertiary/aromatic N) is 1. The van der Waals surface area contributed by atoms with Gasteiger partial charge in [0.2, 0.25) is 5.91 Å². The molecule has 0 bridgehead atoms. The lowest BCUT2D eigenvalue weighted by Crippen LogP contribution is -2.50. The Morgan fingerprint density at radius 2 is 1.81 bits per heavy atom. The van der Waals surface area contributed by atoms with Crippen LogP contribution in [0.15, 0.2) is 0 Å². The monoisotopic (exact) mass is 228 g/mol. The fraction of sp³-hybridized carbons (Fsp3) is 0.818. The number of hydrogen-bond acceptors (Lipinski definition) is 3. The van der Waals surface area contributed by atoms with Crippen molar-refractivity contribution in [2.45, 2.75) is 32.7 Å². The molecule has 0 saturated carbocycles. The minimum atomic E-state index is -0.550. The molecule has 0 aliphatic carbocycles. The molecule has 16 heavy (non-hydrogen) atoms. The fourth-order valence-electron chi connectivity index (χ4n) is 1.83. The Balaban J connectivity index is 2.61. The predicted molar refractivity (Wildman–Crippen MR) is 60.0 cm³/mol. The van der Waals surface area contributed by atoms with Gasteiger partial charge in [0.15, 0.2) is 0 Å². The molecule has 5 nitrogen and oxygen atoms in total. The number of amides is 2. The number of alkyl carbamates (subject to hydrolysis) is 1. The zero-order valence-electron chi connectivity index (χ0n) is 10.2. The molecule has 0 aromatic rings. The van der Waals surface area contributed by atoms with Crippen LogP contribution in [-0.4, -0.2) is 43.1 Å². The topological polar surface area (TPSA) is 58.6 Å². The van der Waals surface area contributed by atoms with Gasteiger partial charge in [-0.1, -0.05) is 13.8 Å². The second-order valence-corrected chi connectivity index (χ2v) is 4.39. The van der Waals surface area contributed by atoms with Gasteiger partial charge in [0, 0.05) is 13.1 Å². The van der Waals surface area contributed by atoms with E-state index in [-0.39, 0.29) is 11.8 Å². The molecule has 0 aromatic carbocycles. The van der Waals surface area contributed by atoms with Crippen LogP contribution < -0.4 is 5.32 Å². The third-order valence-electron chi connectivity index (χ3n) is 2.81. The van der Waals surface area contributed by atoms with Crippen LogP contribution in [0.5, 0.6) is 0 Å². The number of hydrogen-bond donors (Lipinski definition) is 1. The number of nitrogens with one attached hydrogen (secondary N) is 1. The average Bonchev–Trinajstić information content (AvgIpc) is 2.77. The van der Waals surface area contributed by atoms with Crippen LogP contribution in [-0.2, 0) is 9.53 Å². The summed E-state index contributed by atoms with van der Waals surface area (Å²) in [6.07, 6.45) is 1.55. The first-order chi connectivity index (χ1) is 7.56. The summed E-state index contributed by atoms with van der Waals surface area (Å²) in [5.41, 5.74) is 0. The first kappa shape index (κ1) is 12.8. The number of likely N-dealkylation sites (tertiary alicyclic amines) is 1. The molecule has 0 aromatic heterocycles. The number of ether oxygens (including phenoxy) is 1. The van der Waals surface area contributed by atoms with Crippen molar-refractivity contribution < 1.29 is 14.3 Å². The second kappa shape index (κ2) is 5.72. The van der Waals surface area contributed by atoms with Gasteiger partial charge in [-0.15, -0.1) is 0 Å². The third-order valence-corrected chi connectivity index (χ3v) is 2.81. The molecule has 0 unspecified atom stereocenters. The second-order valence-electron chi connectivity index (χ2n) is 4.39. The Kier molecular flexibility index (Phi) is 4.58. The van der Waals surface area contributed by atoms with E-state index in [0.717, 1.165) is 25.9 Å². The maximum atomic E-state index is 12.1. The molecule has 1 aliphatic rings. The van der Waals surface area contributed by atoms with Gasteiger partial charge < -0.3 is 15.0 Å². The molecule has 92 valence electrons. The summed E-state index contributed by atoms with van der Waals surface area (Å²) in [7, 11) is 1.30. The fourth-order valence-corrected chi connectivity index (χ4v) is 1.83. The molecule has 1 N–H and O–H groups in total.